The molecule has 1 fully saturated rings. The van der Waals surface area contributed by atoms with E-state index < -0.39 is 0 Å². The second kappa shape index (κ2) is 6.95. The lowest BCUT2D eigenvalue weighted by atomic mass is 10.1. The van der Waals surface area contributed by atoms with Crippen LogP contribution < -0.4 is 4.90 Å². The van der Waals surface area contributed by atoms with Crippen molar-refractivity contribution in [1.82, 2.24) is 19.9 Å². The molecule has 6 nitrogen and oxygen atoms in total. The van der Waals surface area contributed by atoms with Crippen molar-refractivity contribution in [2.45, 2.75) is 33.2 Å². The Morgan fingerprint density at radius 3 is 2.58 bits per heavy atom. The van der Waals surface area contributed by atoms with Crippen molar-refractivity contribution in [3.8, 4) is 11.4 Å². The van der Waals surface area contributed by atoms with Crippen LogP contribution in [0.1, 0.15) is 26.0 Å². The van der Waals surface area contributed by atoms with Gasteiger partial charge in [-0.3, -0.25) is 9.78 Å². The average Bonchev–Trinajstić information content (AvgIpc) is 2.61. The van der Waals surface area contributed by atoms with Gasteiger partial charge in [0.15, 0.2) is 5.82 Å². The Morgan fingerprint density at radius 1 is 1.17 bits per heavy atom. The van der Waals surface area contributed by atoms with E-state index in [1.54, 1.807) is 12.4 Å². The fraction of sp³-hybridized carbons (Fsp3) is 0.444. The first kappa shape index (κ1) is 16.4. The number of anilines is 1. The van der Waals surface area contributed by atoms with Crippen LogP contribution in [0.25, 0.3) is 11.4 Å². The third-order valence-corrected chi connectivity index (χ3v) is 4.43. The summed E-state index contributed by atoms with van der Waals surface area (Å²) in [5.74, 6) is 1.69. The van der Waals surface area contributed by atoms with E-state index in [4.69, 9.17) is 4.98 Å². The number of pyridine rings is 1. The van der Waals surface area contributed by atoms with Crippen molar-refractivity contribution in [3.05, 3.63) is 36.3 Å². The molecule has 3 rings (SSSR count). The number of hydrogen-bond acceptors (Lipinski definition) is 5. The molecule has 0 saturated carbocycles. The number of aryl methyl sites for hydroxylation is 1. The molecule has 0 aliphatic carbocycles. The third kappa shape index (κ3) is 3.09. The van der Waals surface area contributed by atoms with Crippen LogP contribution >= 0.6 is 0 Å². The first-order chi connectivity index (χ1) is 11.6. The predicted molar refractivity (Wildman–Crippen MR) is 93.7 cm³/mol. The molecule has 1 aliphatic rings. The Bertz CT molecular complexity index is 719. The summed E-state index contributed by atoms with van der Waals surface area (Å²) in [6, 6.07) is 5.60. The third-order valence-electron chi connectivity index (χ3n) is 4.43. The number of likely N-dealkylation sites (N-methyl/N-ethyl adjacent to an activating group) is 1. The van der Waals surface area contributed by atoms with Crippen molar-refractivity contribution in [1.29, 1.82) is 0 Å². The number of carbonyl (C=O) groups excluding carboxylic acids is 1. The van der Waals surface area contributed by atoms with Crippen molar-refractivity contribution >= 4 is 11.7 Å². The summed E-state index contributed by atoms with van der Waals surface area (Å²) in [4.78, 5) is 30.0. The Balaban J connectivity index is 1.97. The monoisotopic (exact) mass is 325 g/mol. The number of hydrogen-bond donors (Lipinski definition) is 0. The van der Waals surface area contributed by atoms with Crippen molar-refractivity contribution in [2.75, 3.05) is 24.5 Å². The molecule has 1 amide bonds. The summed E-state index contributed by atoms with van der Waals surface area (Å²) in [6.45, 7) is 8.32. The van der Waals surface area contributed by atoms with Crippen LogP contribution in [0, 0.1) is 6.92 Å². The molecule has 0 radical (unpaired) electrons. The molecule has 126 valence electrons. The summed E-state index contributed by atoms with van der Waals surface area (Å²) in [5, 5.41) is 0. The van der Waals surface area contributed by atoms with Crippen LogP contribution in [-0.2, 0) is 4.79 Å². The zero-order valence-electron chi connectivity index (χ0n) is 14.4. The number of nitrogens with zero attached hydrogens (tertiary/aromatic N) is 5. The number of amides is 1. The van der Waals surface area contributed by atoms with Gasteiger partial charge in [0, 0.05) is 49.4 Å². The lowest BCUT2D eigenvalue weighted by Gasteiger charge is -2.40. The molecule has 2 aromatic rings. The van der Waals surface area contributed by atoms with Gasteiger partial charge >= 0.3 is 0 Å². The maximum atomic E-state index is 12.6. The Hall–Kier alpha value is -2.50. The van der Waals surface area contributed by atoms with Crippen LogP contribution in [0.5, 0.6) is 0 Å². The van der Waals surface area contributed by atoms with Gasteiger partial charge in [-0.25, -0.2) is 9.97 Å². The highest BCUT2D eigenvalue weighted by atomic mass is 16.2. The van der Waals surface area contributed by atoms with Gasteiger partial charge in [-0.1, -0.05) is 6.92 Å². The second-order valence-electron chi connectivity index (χ2n) is 5.96. The van der Waals surface area contributed by atoms with E-state index in [-0.39, 0.29) is 11.9 Å². The molecule has 2 aromatic heterocycles. The maximum absolute atomic E-state index is 12.6. The van der Waals surface area contributed by atoms with E-state index in [1.165, 1.54) is 0 Å². The molecule has 0 N–H and O–H groups in total. The maximum Gasteiger partial charge on any atom is 0.245 e. The van der Waals surface area contributed by atoms with Gasteiger partial charge < -0.3 is 9.80 Å². The van der Waals surface area contributed by atoms with Crippen LogP contribution in [0.15, 0.2) is 30.6 Å². The molecule has 3 heterocycles. The van der Waals surface area contributed by atoms with E-state index in [2.05, 4.69) is 14.9 Å². The molecule has 0 bridgehead atoms. The molecular formula is C18H23N5O. The second-order valence-corrected chi connectivity index (χ2v) is 5.96. The average molecular weight is 325 g/mol. The quantitative estimate of drug-likeness (QED) is 0.863. The van der Waals surface area contributed by atoms with Gasteiger partial charge in [0.1, 0.15) is 11.9 Å². The normalized spacial score (nSPS) is 18.1. The number of piperazine rings is 1. The fourth-order valence-electron chi connectivity index (χ4n) is 3.15. The van der Waals surface area contributed by atoms with Gasteiger partial charge in [0.05, 0.1) is 0 Å². The lowest BCUT2D eigenvalue weighted by Crippen LogP contribution is -2.57. The largest absolute Gasteiger partial charge is 0.343 e. The molecule has 1 aliphatic heterocycles. The summed E-state index contributed by atoms with van der Waals surface area (Å²) in [5.41, 5.74) is 1.83. The summed E-state index contributed by atoms with van der Waals surface area (Å²) >= 11 is 0. The van der Waals surface area contributed by atoms with Gasteiger partial charge in [-0.2, -0.15) is 0 Å². The predicted octanol–water partition coefficient (Wildman–Crippen LogP) is 2.29. The lowest BCUT2D eigenvalue weighted by molar-refractivity contribution is -0.134. The van der Waals surface area contributed by atoms with Crippen molar-refractivity contribution < 1.29 is 4.79 Å². The van der Waals surface area contributed by atoms with Crippen LogP contribution in [0.2, 0.25) is 0 Å². The summed E-state index contributed by atoms with van der Waals surface area (Å²) in [7, 11) is 0. The van der Waals surface area contributed by atoms with Crippen molar-refractivity contribution in [2.24, 2.45) is 0 Å². The summed E-state index contributed by atoms with van der Waals surface area (Å²) < 4.78 is 0. The number of rotatable bonds is 4. The van der Waals surface area contributed by atoms with Gasteiger partial charge in [0.25, 0.3) is 0 Å². The molecule has 0 aromatic carbocycles. The van der Waals surface area contributed by atoms with Crippen LogP contribution in [0.3, 0.4) is 0 Å². The van der Waals surface area contributed by atoms with E-state index in [0.717, 1.165) is 43.1 Å². The smallest absolute Gasteiger partial charge is 0.245 e. The topological polar surface area (TPSA) is 62.2 Å². The highest BCUT2D eigenvalue weighted by Crippen LogP contribution is 2.24. The zero-order chi connectivity index (χ0) is 17.1. The van der Waals surface area contributed by atoms with E-state index in [0.29, 0.717) is 5.82 Å². The molecular weight excluding hydrogens is 302 g/mol. The van der Waals surface area contributed by atoms with Gasteiger partial charge in [-0.05, 0) is 32.4 Å². The van der Waals surface area contributed by atoms with Gasteiger partial charge in [0.2, 0.25) is 5.91 Å². The fourth-order valence-corrected chi connectivity index (χ4v) is 3.15. The molecule has 6 heteroatoms. The van der Waals surface area contributed by atoms with Gasteiger partial charge in [-0.15, -0.1) is 0 Å². The summed E-state index contributed by atoms with van der Waals surface area (Å²) in [6.07, 6.45) is 4.24. The molecule has 1 saturated heterocycles. The minimum absolute atomic E-state index is 0.154. The minimum atomic E-state index is -0.154. The molecule has 24 heavy (non-hydrogen) atoms. The Labute approximate surface area is 142 Å². The molecule has 0 unspecified atom stereocenters. The Morgan fingerprint density at radius 2 is 1.92 bits per heavy atom. The first-order valence-electron chi connectivity index (χ1n) is 8.45. The first-order valence-corrected chi connectivity index (χ1v) is 8.45. The number of aromatic nitrogens is 3. The van der Waals surface area contributed by atoms with E-state index in [1.807, 2.05) is 43.9 Å². The highest BCUT2D eigenvalue weighted by molar-refractivity contribution is 5.86. The molecule has 1 atom stereocenters. The van der Waals surface area contributed by atoms with Crippen LogP contribution in [-0.4, -0.2) is 51.4 Å². The number of carbonyl (C=O) groups is 1. The van der Waals surface area contributed by atoms with Crippen LogP contribution in [0.4, 0.5) is 5.82 Å². The SMILES string of the molecule is CC[C@H]1C(=O)N(CC)CCN1c1cc(C)nc(-c2ccncc2)n1. The van der Waals surface area contributed by atoms with E-state index in [9.17, 15) is 4.79 Å². The van der Waals surface area contributed by atoms with E-state index >= 15 is 0 Å². The zero-order valence-corrected chi connectivity index (χ0v) is 14.4. The van der Waals surface area contributed by atoms with Crippen molar-refractivity contribution in [3.63, 3.8) is 0 Å². The molecule has 0 spiro atoms. The highest BCUT2D eigenvalue weighted by Gasteiger charge is 2.33. The minimum Gasteiger partial charge on any atom is -0.343 e. The standard InChI is InChI=1S/C18H23N5O/c1-4-15-18(24)22(5-2)10-11-23(15)16-12-13(3)20-17(21-16)14-6-8-19-9-7-14/h6-9,12,15H,4-5,10-11H2,1-3H3/t15-/m0/s1. The Kier molecular flexibility index (Phi) is 4.74.